The third-order valence-corrected chi connectivity index (χ3v) is 3.00. The molecule has 0 spiro atoms. The van der Waals surface area contributed by atoms with Crippen molar-refractivity contribution in [3.63, 3.8) is 0 Å². The van der Waals surface area contributed by atoms with E-state index in [0.717, 1.165) is 0 Å². The summed E-state index contributed by atoms with van der Waals surface area (Å²) >= 11 is 1.32. The quantitative estimate of drug-likeness (QED) is 0.667. The van der Waals surface area contributed by atoms with Crippen LogP contribution >= 0.6 is 11.3 Å². The molecule has 3 heterocycles. The van der Waals surface area contributed by atoms with Crippen LogP contribution in [0.25, 0.3) is 22.3 Å². The van der Waals surface area contributed by atoms with E-state index in [1.165, 1.54) is 17.7 Å². The monoisotopic (exact) mass is 245 g/mol. The SMILES string of the molecule is Nc1nc(-c2nccc3c(=O)[nH]cnc23)cs1. The summed E-state index contributed by atoms with van der Waals surface area (Å²) in [4.78, 5) is 26.6. The van der Waals surface area contributed by atoms with E-state index in [1.807, 2.05) is 0 Å². The number of hydrogen-bond acceptors (Lipinski definition) is 6. The fourth-order valence-corrected chi connectivity index (χ4v) is 2.13. The van der Waals surface area contributed by atoms with E-state index in [2.05, 4.69) is 19.9 Å². The van der Waals surface area contributed by atoms with Crippen molar-refractivity contribution in [2.24, 2.45) is 0 Å². The van der Waals surface area contributed by atoms with E-state index >= 15 is 0 Å². The van der Waals surface area contributed by atoms with Gasteiger partial charge in [0.05, 0.1) is 11.7 Å². The van der Waals surface area contributed by atoms with Crippen molar-refractivity contribution in [3.05, 3.63) is 34.3 Å². The van der Waals surface area contributed by atoms with E-state index in [-0.39, 0.29) is 5.56 Å². The lowest BCUT2D eigenvalue weighted by atomic mass is 10.2. The lowest BCUT2D eigenvalue weighted by Gasteiger charge is -2.00. The Hall–Kier alpha value is -2.28. The summed E-state index contributed by atoms with van der Waals surface area (Å²) in [5, 5.41) is 2.74. The second kappa shape index (κ2) is 3.63. The van der Waals surface area contributed by atoms with Crippen LogP contribution in [0.4, 0.5) is 5.13 Å². The maximum atomic E-state index is 11.6. The molecule has 0 amide bonds. The van der Waals surface area contributed by atoms with Gasteiger partial charge in [0.2, 0.25) is 0 Å². The van der Waals surface area contributed by atoms with Crippen molar-refractivity contribution in [1.82, 2.24) is 19.9 Å². The van der Waals surface area contributed by atoms with Crippen LogP contribution in [0.5, 0.6) is 0 Å². The molecule has 0 atom stereocenters. The fraction of sp³-hybridized carbons (Fsp3) is 0. The predicted molar refractivity (Wildman–Crippen MR) is 65.7 cm³/mol. The highest BCUT2D eigenvalue weighted by Crippen LogP contribution is 2.25. The van der Waals surface area contributed by atoms with Crippen molar-refractivity contribution in [3.8, 4) is 11.4 Å². The number of aromatic nitrogens is 4. The molecule has 3 rings (SSSR count). The van der Waals surface area contributed by atoms with Crippen molar-refractivity contribution in [2.75, 3.05) is 5.73 Å². The number of thiazole rings is 1. The van der Waals surface area contributed by atoms with Gasteiger partial charge in [-0.2, -0.15) is 0 Å². The van der Waals surface area contributed by atoms with Crippen molar-refractivity contribution >= 4 is 27.4 Å². The normalized spacial score (nSPS) is 10.8. The first-order chi connectivity index (χ1) is 8.25. The highest BCUT2D eigenvalue weighted by Gasteiger charge is 2.11. The number of rotatable bonds is 1. The number of nitrogens with two attached hydrogens (primary N) is 1. The summed E-state index contributed by atoms with van der Waals surface area (Å²) in [7, 11) is 0. The lowest BCUT2D eigenvalue weighted by Crippen LogP contribution is -2.07. The Morgan fingerprint density at radius 2 is 2.24 bits per heavy atom. The van der Waals surface area contributed by atoms with E-state index in [1.54, 1.807) is 17.6 Å². The minimum atomic E-state index is -0.193. The largest absolute Gasteiger partial charge is 0.375 e. The number of nitrogens with one attached hydrogen (secondary N) is 1. The highest BCUT2D eigenvalue weighted by molar-refractivity contribution is 7.13. The molecule has 0 aromatic carbocycles. The Kier molecular flexibility index (Phi) is 2.12. The Balaban J connectivity index is 2.38. The van der Waals surface area contributed by atoms with Crippen LogP contribution < -0.4 is 11.3 Å². The number of fused-ring (bicyclic) bond motifs is 1. The lowest BCUT2D eigenvalue weighted by molar-refractivity contribution is 1.16. The number of H-pyrrole nitrogens is 1. The summed E-state index contributed by atoms with van der Waals surface area (Å²) in [5.41, 5.74) is 7.12. The van der Waals surface area contributed by atoms with Gasteiger partial charge in [-0.1, -0.05) is 0 Å². The van der Waals surface area contributed by atoms with Gasteiger partial charge in [0.15, 0.2) is 5.13 Å². The summed E-state index contributed by atoms with van der Waals surface area (Å²) < 4.78 is 0. The van der Waals surface area contributed by atoms with Crippen LogP contribution in [0.15, 0.2) is 28.8 Å². The third-order valence-electron chi connectivity index (χ3n) is 2.32. The molecule has 0 aliphatic carbocycles. The Labute approximate surface area is 99.2 Å². The number of anilines is 1. The standard InChI is InChI=1S/C10H7N5OS/c11-10-15-6(3-17-10)8-7-5(1-2-12-8)9(16)14-4-13-7/h1-4H,(H2,11,15)(H,13,14,16). The molecule has 3 N–H and O–H groups in total. The molecule has 0 saturated heterocycles. The molecule has 6 nitrogen and oxygen atoms in total. The van der Waals surface area contributed by atoms with Crippen molar-refractivity contribution in [1.29, 1.82) is 0 Å². The Bertz CT molecular complexity index is 748. The molecule has 0 aliphatic heterocycles. The van der Waals surface area contributed by atoms with E-state index < -0.39 is 0 Å². The first-order valence-corrected chi connectivity index (χ1v) is 5.67. The smallest absolute Gasteiger partial charge is 0.258 e. The zero-order valence-corrected chi connectivity index (χ0v) is 9.36. The molecule has 0 bridgehead atoms. The van der Waals surface area contributed by atoms with Gasteiger partial charge in [0.1, 0.15) is 16.9 Å². The topological polar surface area (TPSA) is 97.5 Å². The fourth-order valence-electron chi connectivity index (χ4n) is 1.58. The van der Waals surface area contributed by atoms with Crippen molar-refractivity contribution < 1.29 is 0 Å². The third kappa shape index (κ3) is 1.56. The highest BCUT2D eigenvalue weighted by atomic mass is 32.1. The molecular formula is C10H7N5OS. The average Bonchev–Trinajstić information content (AvgIpc) is 2.76. The van der Waals surface area contributed by atoms with Gasteiger partial charge in [0, 0.05) is 11.6 Å². The second-order valence-corrected chi connectivity index (χ2v) is 4.25. The molecule has 84 valence electrons. The number of nitrogens with zero attached hydrogens (tertiary/aromatic N) is 3. The Morgan fingerprint density at radius 1 is 1.35 bits per heavy atom. The van der Waals surface area contributed by atoms with Crippen LogP contribution in [0, 0.1) is 0 Å². The van der Waals surface area contributed by atoms with Gasteiger partial charge in [-0.3, -0.25) is 9.78 Å². The molecule has 0 radical (unpaired) electrons. The van der Waals surface area contributed by atoms with Gasteiger partial charge < -0.3 is 10.7 Å². The maximum absolute atomic E-state index is 11.6. The zero-order valence-electron chi connectivity index (χ0n) is 8.54. The molecule has 0 fully saturated rings. The molecule has 0 aliphatic rings. The number of pyridine rings is 1. The van der Waals surface area contributed by atoms with Gasteiger partial charge >= 0.3 is 0 Å². The number of aromatic amines is 1. The summed E-state index contributed by atoms with van der Waals surface area (Å²) in [5.74, 6) is 0. The van der Waals surface area contributed by atoms with Crippen LogP contribution in [-0.4, -0.2) is 19.9 Å². The number of nitrogen functional groups attached to an aromatic ring is 1. The molecular weight excluding hydrogens is 238 g/mol. The minimum absolute atomic E-state index is 0.193. The molecule has 3 aromatic rings. The number of hydrogen-bond donors (Lipinski definition) is 2. The first kappa shape index (κ1) is 9.91. The average molecular weight is 245 g/mol. The second-order valence-electron chi connectivity index (χ2n) is 3.36. The molecule has 7 heteroatoms. The van der Waals surface area contributed by atoms with Gasteiger partial charge in [-0.05, 0) is 6.07 Å². The maximum Gasteiger partial charge on any atom is 0.258 e. The van der Waals surface area contributed by atoms with Crippen LogP contribution in [-0.2, 0) is 0 Å². The van der Waals surface area contributed by atoms with Gasteiger partial charge in [0.25, 0.3) is 5.56 Å². The van der Waals surface area contributed by atoms with Crippen molar-refractivity contribution in [2.45, 2.75) is 0 Å². The van der Waals surface area contributed by atoms with Crippen LogP contribution in [0.1, 0.15) is 0 Å². The van der Waals surface area contributed by atoms with E-state index in [4.69, 9.17) is 5.73 Å². The molecule has 17 heavy (non-hydrogen) atoms. The predicted octanol–water partition coefficient (Wildman–Crippen LogP) is 1.02. The van der Waals surface area contributed by atoms with Crippen LogP contribution in [0.3, 0.4) is 0 Å². The minimum Gasteiger partial charge on any atom is -0.375 e. The molecule has 3 aromatic heterocycles. The zero-order chi connectivity index (χ0) is 11.8. The van der Waals surface area contributed by atoms with E-state index in [9.17, 15) is 4.79 Å². The van der Waals surface area contributed by atoms with E-state index in [0.29, 0.717) is 27.4 Å². The van der Waals surface area contributed by atoms with Gasteiger partial charge in [-0.15, -0.1) is 11.3 Å². The van der Waals surface area contributed by atoms with Gasteiger partial charge in [-0.25, -0.2) is 9.97 Å². The first-order valence-electron chi connectivity index (χ1n) is 4.79. The summed E-state index contributed by atoms with van der Waals surface area (Å²) in [6.45, 7) is 0. The van der Waals surface area contributed by atoms with Crippen LogP contribution in [0.2, 0.25) is 0 Å². The molecule has 0 saturated carbocycles. The summed E-state index contributed by atoms with van der Waals surface area (Å²) in [6.07, 6.45) is 2.91. The Morgan fingerprint density at radius 3 is 3.00 bits per heavy atom. The molecule has 0 unspecified atom stereocenters. The summed E-state index contributed by atoms with van der Waals surface area (Å²) in [6, 6.07) is 1.63.